The standard InChI is InChI=1S/C26H32N2/c1-17-13-11-12-16-27(17)26(8)22-15-10-9-14-21(22)24-19(3)18(2)23(25(5,6)7)20(4)28(24)26/h9-16H,1-8H3/q+2. The maximum Gasteiger partial charge on any atom is 0.386 e. The number of nitrogens with zero attached hydrogens (tertiary/aromatic N) is 2. The van der Waals surface area contributed by atoms with Gasteiger partial charge in [0.15, 0.2) is 17.6 Å². The Bertz CT molecular complexity index is 1100. The molecule has 144 valence electrons. The SMILES string of the molecule is Cc1c(C)c2[n+](c(C)c1C(C)(C)C)C(C)([n+]1ccccc1C)c1ccccc1-2. The molecule has 2 heteroatoms. The van der Waals surface area contributed by atoms with Crippen LogP contribution in [0, 0.1) is 27.7 Å². The third-order valence-electron chi connectivity index (χ3n) is 6.62. The Morgan fingerprint density at radius 3 is 2.11 bits per heavy atom. The molecule has 0 saturated heterocycles. The number of rotatable bonds is 1. The lowest BCUT2D eigenvalue weighted by Crippen LogP contribution is -2.73. The van der Waals surface area contributed by atoms with Crippen molar-refractivity contribution in [1.82, 2.24) is 0 Å². The van der Waals surface area contributed by atoms with Crippen molar-refractivity contribution in [3.8, 4) is 11.3 Å². The first-order chi connectivity index (χ1) is 13.1. The van der Waals surface area contributed by atoms with Crippen molar-refractivity contribution in [2.75, 3.05) is 0 Å². The summed E-state index contributed by atoms with van der Waals surface area (Å²) < 4.78 is 5.02. The molecule has 28 heavy (non-hydrogen) atoms. The van der Waals surface area contributed by atoms with Crippen LogP contribution in [0.1, 0.15) is 61.3 Å². The summed E-state index contributed by atoms with van der Waals surface area (Å²) in [5.41, 5.74) is 10.8. The first-order valence-electron chi connectivity index (χ1n) is 10.2. The predicted octanol–water partition coefficient (Wildman–Crippen LogP) is 5.04. The van der Waals surface area contributed by atoms with Gasteiger partial charge in [-0.1, -0.05) is 39.0 Å². The van der Waals surface area contributed by atoms with E-state index in [4.69, 9.17) is 0 Å². The Morgan fingerprint density at radius 2 is 1.46 bits per heavy atom. The first-order valence-corrected chi connectivity index (χ1v) is 10.2. The highest BCUT2D eigenvalue weighted by Crippen LogP contribution is 2.42. The summed E-state index contributed by atoms with van der Waals surface area (Å²) in [5.74, 6) is 0. The summed E-state index contributed by atoms with van der Waals surface area (Å²) in [7, 11) is 0. The van der Waals surface area contributed by atoms with Crippen molar-refractivity contribution in [1.29, 1.82) is 0 Å². The van der Waals surface area contributed by atoms with Crippen molar-refractivity contribution in [3.63, 3.8) is 0 Å². The third-order valence-corrected chi connectivity index (χ3v) is 6.62. The van der Waals surface area contributed by atoms with Gasteiger partial charge in [0, 0.05) is 37.1 Å². The molecular formula is C26H32N2+2. The van der Waals surface area contributed by atoms with Gasteiger partial charge in [0.2, 0.25) is 5.69 Å². The Hall–Kier alpha value is -2.48. The molecular weight excluding hydrogens is 340 g/mol. The Kier molecular flexibility index (Phi) is 4.05. The molecule has 1 unspecified atom stereocenters. The summed E-state index contributed by atoms with van der Waals surface area (Å²) in [4.78, 5) is 0. The normalized spacial score (nSPS) is 18.1. The van der Waals surface area contributed by atoms with Gasteiger partial charge >= 0.3 is 5.66 Å². The minimum atomic E-state index is -0.292. The summed E-state index contributed by atoms with van der Waals surface area (Å²) in [6, 6.07) is 15.4. The zero-order chi connectivity index (χ0) is 20.4. The highest BCUT2D eigenvalue weighted by atomic mass is 15.3. The highest BCUT2D eigenvalue weighted by Gasteiger charge is 2.58. The van der Waals surface area contributed by atoms with Crippen molar-refractivity contribution in [2.45, 2.75) is 66.5 Å². The van der Waals surface area contributed by atoms with Crippen LogP contribution >= 0.6 is 0 Å². The van der Waals surface area contributed by atoms with Crippen LogP contribution in [0.15, 0.2) is 48.7 Å². The van der Waals surface area contributed by atoms with Crippen molar-refractivity contribution in [3.05, 3.63) is 82.3 Å². The maximum atomic E-state index is 2.59. The van der Waals surface area contributed by atoms with E-state index in [2.05, 4.69) is 113 Å². The fraction of sp³-hybridized carbons (Fsp3) is 0.385. The molecule has 0 N–H and O–H groups in total. The largest absolute Gasteiger partial charge is 0.386 e. The zero-order valence-electron chi connectivity index (χ0n) is 18.5. The topological polar surface area (TPSA) is 7.76 Å². The van der Waals surface area contributed by atoms with Crippen LogP contribution in [-0.2, 0) is 11.1 Å². The van der Waals surface area contributed by atoms with E-state index in [1.807, 2.05) is 0 Å². The molecule has 0 amide bonds. The molecule has 0 radical (unpaired) electrons. The second kappa shape index (κ2) is 6.01. The molecule has 3 aromatic rings. The molecule has 2 aromatic heterocycles. The van der Waals surface area contributed by atoms with E-state index < -0.39 is 0 Å². The Balaban J connectivity index is 2.23. The number of fused-ring (bicyclic) bond motifs is 3. The third kappa shape index (κ3) is 2.33. The zero-order valence-corrected chi connectivity index (χ0v) is 18.5. The van der Waals surface area contributed by atoms with Gasteiger partial charge in [-0.3, -0.25) is 0 Å². The van der Waals surface area contributed by atoms with Crippen LogP contribution in [0.3, 0.4) is 0 Å². The van der Waals surface area contributed by atoms with Crippen LogP contribution in [0.5, 0.6) is 0 Å². The fourth-order valence-electron chi connectivity index (χ4n) is 5.53. The minimum absolute atomic E-state index is 0.0903. The maximum absolute atomic E-state index is 2.59. The smallest absolute Gasteiger partial charge is 0.135 e. The average Bonchev–Trinajstić information content (AvgIpc) is 2.90. The van der Waals surface area contributed by atoms with E-state index in [0.29, 0.717) is 0 Å². The number of pyridine rings is 2. The molecule has 1 atom stereocenters. The summed E-state index contributed by atoms with van der Waals surface area (Å²) in [6.45, 7) is 18.4. The predicted molar refractivity (Wildman–Crippen MR) is 115 cm³/mol. The number of hydrogen-bond donors (Lipinski definition) is 0. The van der Waals surface area contributed by atoms with Gasteiger partial charge in [-0.15, -0.1) is 9.13 Å². The van der Waals surface area contributed by atoms with Gasteiger partial charge in [0.1, 0.15) is 5.56 Å². The molecule has 1 aliphatic heterocycles. The van der Waals surface area contributed by atoms with Gasteiger partial charge in [-0.2, -0.15) is 0 Å². The van der Waals surface area contributed by atoms with Gasteiger partial charge in [-0.05, 0) is 37.0 Å². The van der Waals surface area contributed by atoms with E-state index in [9.17, 15) is 0 Å². The van der Waals surface area contributed by atoms with Crippen LogP contribution in [0.25, 0.3) is 11.3 Å². The van der Waals surface area contributed by atoms with E-state index in [1.54, 1.807) is 0 Å². The van der Waals surface area contributed by atoms with Gasteiger partial charge in [0.05, 0.1) is 12.5 Å². The summed E-state index contributed by atoms with van der Waals surface area (Å²) in [5, 5.41) is 0. The molecule has 0 aliphatic carbocycles. The van der Waals surface area contributed by atoms with Crippen LogP contribution in [-0.4, -0.2) is 0 Å². The summed E-state index contributed by atoms with van der Waals surface area (Å²) in [6.07, 6.45) is 2.22. The fourth-order valence-corrected chi connectivity index (χ4v) is 5.53. The Labute approximate surface area is 169 Å². The molecule has 0 bridgehead atoms. The quantitative estimate of drug-likeness (QED) is 0.529. The lowest BCUT2D eigenvalue weighted by Gasteiger charge is -2.26. The van der Waals surface area contributed by atoms with Crippen molar-refractivity contribution >= 4 is 0 Å². The van der Waals surface area contributed by atoms with E-state index in [0.717, 1.165) is 0 Å². The molecule has 4 rings (SSSR count). The number of aromatic nitrogens is 2. The van der Waals surface area contributed by atoms with Crippen LogP contribution < -0.4 is 9.13 Å². The molecule has 0 spiro atoms. The first kappa shape index (κ1) is 18.9. The molecule has 0 fully saturated rings. The van der Waals surface area contributed by atoms with Gasteiger partial charge in [0.25, 0.3) is 0 Å². The number of benzene rings is 1. The lowest BCUT2D eigenvalue weighted by molar-refractivity contribution is -0.975. The molecule has 1 aliphatic rings. The Morgan fingerprint density at radius 1 is 0.821 bits per heavy atom. The van der Waals surface area contributed by atoms with Crippen LogP contribution in [0.2, 0.25) is 0 Å². The second-order valence-corrected chi connectivity index (χ2v) is 9.42. The highest BCUT2D eigenvalue weighted by molar-refractivity contribution is 5.70. The monoisotopic (exact) mass is 372 g/mol. The second-order valence-electron chi connectivity index (χ2n) is 9.42. The van der Waals surface area contributed by atoms with E-state index in [-0.39, 0.29) is 11.1 Å². The lowest BCUT2D eigenvalue weighted by atomic mass is 9.81. The van der Waals surface area contributed by atoms with Gasteiger partial charge < -0.3 is 0 Å². The number of hydrogen-bond acceptors (Lipinski definition) is 0. The van der Waals surface area contributed by atoms with E-state index in [1.165, 1.54) is 44.9 Å². The molecule has 3 heterocycles. The average molecular weight is 373 g/mol. The molecule has 2 nitrogen and oxygen atoms in total. The van der Waals surface area contributed by atoms with E-state index >= 15 is 0 Å². The van der Waals surface area contributed by atoms with Crippen molar-refractivity contribution in [2.24, 2.45) is 0 Å². The van der Waals surface area contributed by atoms with Crippen molar-refractivity contribution < 1.29 is 9.13 Å². The van der Waals surface area contributed by atoms with Gasteiger partial charge in [-0.25, -0.2) is 0 Å². The molecule has 1 aromatic carbocycles. The van der Waals surface area contributed by atoms with Crippen LogP contribution in [0.4, 0.5) is 0 Å². The summed E-state index contributed by atoms with van der Waals surface area (Å²) >= 11 is 0. The number of aryl methyl sites for hydroxylation is 1. The molecule has 0 saturated carbocycles. The minimum Gasteiger partial charge on any atom is -0.135 e.